The lowest BCUT2D eigenvalue weighted by Crippen LogP contribution is -2.36. The molecular weight excluding hydrogens is 422 g/mol. The molecule has 0 amide bonds. The third-order valence-corrected chi connectivity index (χ3v) is 4.62. The number of fused-ring (bicyclic) bond motifs is 1. The number of methoxy groups -OCH3 is 2. The van der Waals surface area contributed by atoms with Crippen molar-refractivity contribution in [2.75, 3.05) is 20.8 Å². The molecule has 0 bridgehead atoms. The van der Waals surface area contributed by atoms with Crippen molar-refractivity contribution >= 4 is 27.5 Å². The average molecular weight is 446 g/mol. The molecule has 2 heterocycles. The average Bonchev–Trinajstić information content (AvgIpc) is 3.11. The molecule has 7 nitrogen and oxygen atoms in total. The monoisotopic (exact) mass is 445 g/mol. The van der Waals surface area contributed by atoms with Crippen LogP contribution in [0.1, 0.15) is 18.2 Å². The predicted octanol–water partition coefficient (Wildman–Crippen LogP) is 3.37. The number of ether oxygens (including phenoxy) is 2. The highest BCUT2D eigenvalue weighted by Gasteiger charge is 2.07. The summed E-state index contributed by atoms with van der Waals surface area (Å²) in [4.78, 5) is 9.28. The molecule has 0 aliphatic heterocycles. The zero-order valence-electron chi connectivity index (χ0n) is 16.2. The zero-order chi connectivity index (χ0) is 19.9. The van der Waals surface area contributed by atoms with Gasteiger partial charge < -0.3 is 24.5 Å². The second-order valence-corrected chi connectivity index (χ2v) is 6.99. The van der Waals surface area contributed by atoms with E-state index in [4.69, 9.17) is 9.47 Å². The maximum atomic E-state index is 5.45. The fraction of sp³-hybridized carbons (Fsp3) is 0.300. The maximum Gasteiger partial charge on any atom is 0.191 e. The minimum Gasteiger partial charge on any atom is -0.497 e. The molecule has 28 heavy (non-hydrogen) atoms. The van der Waals surface area contributed by atoms with Gasteiger partial charge in [-0.2, -0.15) is 0 Å². The summed E-state index contributed by atoms with van der Waals surface area (Å²) in [6, 6.07) is 9.68. The summed E-state index contributed by atoms with van der Waals surface area (Å²) in [7, 11) is 3.28. The molecule has 0 unspecified atom stereocenters. The van der Waals surface area contributed by atoms with Crippen LogP contribution < -0.4 is 20.1 Å². The van der Waals surface area contributed by atoms with Crippen molar-refractivity contribution in [2.24, 2.45) is 4.99 Å². The summed E-state index contributed by atoms with van der Waals surface area (Å²) in [6.07, 6.45) is 3.99. The molecule has 0 aliphatic rings. The molecule has 3 aromatic rings. The molecule has 0 spiro atoms. The molecule has 0 saturated carbocycles. The van der Waals surface area contributed by atoms with Gasteiger partial charge in [0.05, 0.1) is 33.0 Å². The molecule has 0 aliphatic carbocycles. The molecular formula is C20H24BrN5O2. The number of aliphatic imine (C=N–C) groups is 1. The van der Waals surface area contributed by atoms with Gasteiger partial charge in [0, 0.05) is 35.0 Å². The van der Waals surface area contributed by atoms with Crippen molar-refractivity contribution < 1.29 is 9.47 Å². The van der Waals surface area contributed by atoms with E-state index in [2.05, 4.69) is 36.5 Å². The number of pyridine rings is 1. The van der Waals surface area contributed by atoms with Gasteiger partial charge in [-0.1, -0.05) is 0 Å². The number of nitrogens with zero attached hydrogens (tertiary/aromatic N) is 3. The van der Waals surface area contributed by atoms with Gasteiger partial charge in [0.15, 0.2) is 5.96 Å². The largest absolute Gasteiger partial charge is 0.497 e. The van der Waals surface area contributed by atoms with Gasteiger partial charge in [-0.3, -0.25) is 0 Å². The summed E-state index contributed by atoms with van der Waals surface area (Å²) >= 11 is 3.48. The highest BCUT2D eigenvalue weighted by molar-refractivity contribution is 9.10. The number of guanidine groups is 1. The molecule has 0 radical (unpaired) electrons. The SMILES string of the molecule is CCNC(=NCc1ccc(OC)cc1OC)NCc1cn2cc(Br)ccc2n1. The van der Waals surface area contributed by atoms with Crippen molar-refractivity contribution in [2.45, 2.75) is 20.0 Å². The third-order valence-electron chi connectivity index (χ3n) is 4.15. The van der Waals surface area contributed by atoms with Crippen LogP contribution in [0.3, 0.4) is 0 Å². The van der Waals surface area contributed by atoms with Gasteiger partial charge in [0.25, 0.3) is 0 Å². The lowest BCUT2D eigenvalue weighted by Gasteiger charge is -2.12. The van der Waals surface area contributed by atoms with E-state index in [1.807, 2.05) is 54.0 Å². The molecule has 1 aromatic carbocycles. The first-order valence-electron chi connectivity index (χ1n) is 8.99. The molecule has 3 rings (SSSR count). The van der Waals surface area contributed by atoms with Crippen LogP contribution in [0.5, 0.6) is 11.5 Å². The summed E-state index contributed by atoms with van der Waals surface area (Å²) in [6.45, 7) is 3.86. The highest BCUT2D eigenvalue weighted by Crippen LogP contribution is 2.25. The van der Waals surface area contributed by atoms with Crippen LogP contribution in [0.4, 0.5) is 0 Å². The van der Waals surface area contributed by atoms with Gasteiger partial charge in [-0.05, 0) is 47.1 Å². The normalized spacial score (nSPS) is 11.5. The minimum absolute atomic E-state index is 0.487. The molecule has 0 atom stereocenters. The van der Waals surface area contributed by atoms with Crippen LogP contribution in [0.15, 0.2) is 52.2 Å². The van der Waals surface area contributed by atoms with Crippen LogP contribution in [0, 0.1) is 0 Å². The Labute approximate surface area is 172 Å². The lowest BCUT2D eigenvalue weighted by atomic mass is 10.2. The van der Waals surface area contributed by atoms with Crippen LogP contribution in [-0.2, 0) is 13.1 Å². The number of aromatic nitrogens is 2. The number of halogens is 1. The fourth-order valence-electron chi connectivity index (χ4n) is 2.77. The Balaban J connectivity index is 1.70. The first-order chi connectivity index (χ1) is 13.6. The number of benzene rings is 1. The Bertz CT molecular complexity index is 970. The Hall–Kier alpha value is -2.74. The van der Waals surface area contributed by atoms with E-state index >= 15 is 0 Å². The van der Waals surface area contributed by atoms with Crippen LogP contribution in [0.25, 0.3) is 5.65 Å². The zero-order valence-corrected chi connectivity index (χ0v) is 17.8. The number of nitrogens with one attached hydrogen (secondary N) is 2. The number of hydrogen-bond acceptors (Lipinski definition) is 4. The number of rotatable bonds is 7. The van der Waals surface area contributed by atoms with Crippen molar-refractivity contribution in [3.63, 3.8) is 0 Å². The van der Waals surface area contributed by atoms with Gasteiger partial charge >= 0.3 is 0 Å². The van der Waals surface area contributed by atoms with Gasteiger partial charge in [0.2, 0.25) is 0 Å². The third kappa shape index (κ3) is 4.95. The summed E-state index contributed by atoms with van der Waals surface area (Å²) in [5, 5.41) is 6.59. The predicted molar refractivity (Wildman–Crippen MR) is 114 cm³/mol. The molecule has 2 aromatic heterocycles. The van der Waals surface area contributed by atoms with Gasteiger partial charge in [-0.15, -0.1) is 0 Å². The van der Waals surface area contributed by atoms with Crippen molar-refractivity contribution in [3.05, 3.63) is 58.5 Å². The van der Waals surface area contributed by atoms with Crippen LogP contribution >= 0.6 is 15.9 Å². The van der Waals surface area contributed by atoms with Gasteiger partial charge in [-0.25, -0.2) is 9.98 Å². The van der Waals surface area contributed by atoms with Crippen molar-refractivity contribution in [1.29, 1.82) is 0 Å². The Kier molecular flexibility index (Phi) is 6.76. The van der Waals surface area contributed by atoms with E-state index in [0.717, 1.165) is 45.4 Å². The highest BCUT2D eigenvalue weighted by atomic mass is 79.9. The van der Waals surface area contributed by atoms with Crippen molar-refractivity contribution in [1.82, 2.24) is 20.0 Å². The van der Waals surface area contributed by atoms with Crippen molar-refractivity contribution in [3.8, 4) is 11.5 Å². The van der Waals surface area contributed by atoms with E-state index in [0.29, 0.717) is 13.1 Å². The molecule has 8 heteroatoms. The first kappa shape index (κ1) is 20.0. The molecule has 0 fully saturated rings. The van der Waals surface area contributed by atoms with Crippen LogP contribution in [-0.4, -0.2) is 36.1 Å². The Morgan fingerprint density at radius 2 is 2.00 bits per heavy atom. The standard InChI is InChI=1S/C20H24BrN5O2/c1-4-22-20(23-10-14-5-7-17(27-2)9-18(14)28-3)24-11-16-13-26-12-15(21)6-8-19(26)25-16/h5-9,12-13H,4,10-11H2,1-3H3,(H2,22,23,24). The quantitative estimate of drug-likeness (QED) is 0.430. The molecule has 148 valence electrons. The summed E-state index contributed by atoms with van der Waals surface area (Å²) in [5.41, 5.74) is 2.83. The number of hydrogen-bond donors (Lipinski definition) is 2. The maximum absolute atomic E-state index is 5.45. The lowest BCUT2D eigenvalue weighted by molar-refractivity contribution is 0.391. The number of imidazole rings is 1. The summed E-state index contributed by atoms with van der Waals surface area (Å²) < 4.78 is 13.7. The fourth-order valence-corrected chi connectivity index (χ4v) is 3.12. The second-order valence-electron chi connectivity index (χ2n) is 6.07. The Morgan fingerprint density at radius 3 is 2.75 bits per heavy atom. The molecule has 0 saturated heterocycles. The Morgan fingerprint density at radius 1 is 1.14 bits per heavy atom. The summed E-state index contributed by atoms with van der Waals surface area (Å²) in [5.74, 6) is 2.23. The van der Waals surface area contributed by atoms with E-state index in [9.17, 15) is 0 Å². The van der Waals surface area contributed by atoms with Gasteiger partial charge in [0.1, 0.15) is 17.1 Å². The van der Waals surface area contributed by atoms with E-state index in [1.165, 1.54) is 0 Å². The van der Waals surface area contributed by atoms with E-state index in [1.54, 1.807) is 14.2 Å². The second kappa shape index (κ2) is 9.45. The first-order valence-corrected chi connectivity index (χ1v) is 9.78. The topological polar surface area (TPSA) is 72.2 Å². The van der Waals surface area contributed by atoms with E-state index < -0.39 is 0 Å². The van der Waals surface area contributed by atoms with Crippen LogP contribution in [0.2, 0.25) is 0 Å². The minimum atomic E-state index is 0.487. The smallest absolute Gasteiger partial charge is 0.191 e. The van der Waals surface area contributed by atoms with E-state index in [-0.39, 0.29) is 0 Å². The molecule has 2 N–H and O–H groups in total.